The van der Waals surface area contributed by atoms with E-state index < -0.39 is 24.0 Å². The van der Waals surface area contributed by atoms with E-state index in [9.17, 15) is 29.4 Å². The van der Waals surface area contributed by atoms with E-state index in [1.807, 2.05) is 0 Å². The smallest absolute Gasteiger partial charge is 0.327 e. The maximum Gasteiger partial charge on any atom is 0.327 e. The minimum absolute atomic E-state index is 0.113. The van der Waals surface area contributed by atoms with Crippen molar-refractivity contribution in [2.45, 2.75) is 154 Å². The van der Waals surface area contributed by atoms with Crippen molar-refractivity contribution in [1.29, 1.82) is 0 Å². The minimum Gasteiger partial charge on any atom is -0.480 e. The SMILES string of the molecule is CCCCCCCCCCCC(=O)NC(CSSCC(NC(=O)CCCCCCCCCCC)C(=O)O)C(=O)O. The fourth-order valence-corrected chi connectivity index (χ4v) is 6.62. The Morgan fingerprint density at radius 2 is 0.775 bits per heavy atom. The first-order valence-corrected chi connectivity index (χ1v) is 18.1. The lowest BCUT2D eigenvalue weighted by atomic mass is 10.1. The molecular weight excluding hydrogens is 548 g/mol. The summed E-state index contributed by atoms with van der Waals surface area (Å²) in [6.07, 6.45) is 21.2. The zero-order chi connectivity index (χ0) is 29.8. The van der Waals surface area contributed by atoms with Gasteiger partial charge in [-0.05, 0) is 12.8 Å². The lowest BCUT2D eigenvalue weighted by Crippen LogP contribution is -2.43. The molecule has 234 valence electrons. The summed E-state index contributed by atoms with van der Waals surface area (Å²) >= 11 is 0. The van der Waals surface area contributed by atoms with Crippen molar-refractivity contribution >= 4 is 45.3 Å². The molecule has 8 nitrogen and oxygen atoms in total. The molecule has 2 atom stereocenters. The van der Waals surface area contributed by atoms with Crippen molar-refractivity contribution in [3.63, 3.8) is 0 Å². The number of carbonyl (C=O) groups is 4. The molecule has 0 heterocycles. The van der Waals surface area contributed by atoms with E-state index in [-0.39, 0.29) is 23.3 Å². The lowest BCUT2D eigenvalue weighted by Gasteiger charge is -2.16. The molecule has 10 heteroatoms. The Morgan fingerprint density at radius 3 is 1.05 bits per heavy atom. The van der Waals surface area contributed by atoms with E-state index in [2.05, 4.69) is 24.5 Å². The number of carboxylic acids is 2. The van der Waals surface area contributed by atoms with Gasteiger partial charge in [0.1, 0.15) is 12.1 Å². The summed E-state index contributed by atoms with van der Waals surface area (Å²) in [5.41, 5.74) is 0. The first kappa shape index (κ1) is 38.6. The van der Waals surface area contributed by atoms with Crippen LogP contribution in [0.2, 0.25) is 0 Å². The largest absolute Gasteiger partial charge is 0.480 e. The normalized spacial score (nSPS) is 12.6. The molecule has 0 aliphatic rings. The van der Waals surface area contributed by atoms with Gasteiger partial charge in [0.05, 0.1) is 0 Å². The van der Waals surface area contributed by atoms with Crippen LogP contribution in [-0.2, 0) is 19.2 Å². The Balaban J connectivity index is 4.07. The van der Waals surface area contributed by atoms with E-state index in [1.54, 1.807) is 0 Å². The van der Waals surface area contributed by atoms with Gasteiger partial charge in [0.15, 0.2) is 0 Å². The zero-order valence-electron chi connectivity index (χ0n) is 25.1. The highest BCUT2D eigenvalue weighted by molar-refractivity contribution is 8.76. The molecule has 2 unspecified atom stereocenters. The number of nitrogens with one attached hydrogen (secondary N) is 2. The van der Waals surface area contributed by atoms with Gasteiger partial charge in [-0.2, -0.15) is 0 Å². The molecule has 0 aliphatic heterocycles. The van der Waals surface area contributed by atoms with Gasteiger partial charge in [-0.15, -0.1) is 0 Å². The Hall–Kier alpha value is -1.42. The molecule has 0 saturated carbocycles. The average molecular weight is 605 g/mol. The minimum atomic E-state index is -1.11. The molecule has 40 heavy (non-hydrogen) atoms. The van der Waals surface area contributed by atoms with E-state index in [0.717, 1.165) is 38.5 Å². The third-order valence-electron chi connectivity index (χ3n) is 6.83. The maximum atomic E-state index is 12.2. The van der Waals surface area contributed by atoms with Crippen molar-refractivity contribution in [3.05, 3.63) is 0 Å². The van der Waals surface area contributed by atoms with E-state index in [0.29, 0.717) is 12.8 Å². The number of hydrogen-bond acceptors (Lipinski definition) is 6. The second-order valence-electron chi connectivity index (χ2n) is 10.6. The molecular formula is C30H56N2O6S2. The predicted octanol–water partition coefficient (Wildman–Crippen LogP) is 7.35. The number of aliphatic carboxylic acids is 2. The summed E-state index contributed by atoms with van der Waals surface area (Å²) in [7, 11) is 2.38. The van der Waals surface area contributed by atoms with Gasteiger partial charge in [0.2, 0.25) is 11.8 Å². The molecule has 0 bridgehead atoms. The van der Waals surface area contributed by atoms with E-state index in [1.165, 1.54) is 98.6 Å². The molecule has 0 spiro atoms. The van der Waals surface area contributed by atoms with Crippen molar-refractivity contribution in [1.82, 2.24) is 10.6 Å². The van der Waals surface area contributed by atoms with Crippen LogP contribution in [0.25, 0.3) is 0 Å². The van der Waals surface area contributed by atoms with Crippen LogP contribution in [0.5, 0.6) is 0 Å². The predicted molar refractivity (Wildman–Crippen MR) is 168 cm³/mol. The number of carboxylic acid groups (broad SMARTS) is 2. The highest BCUT2D eigenvalue weighted by Crippen LogP contribution is 2.23. The van der Waals surface area contributed by atoms with Gasteiger partial charge in [-0.1, -0.05) is 138 Å². The first-order valence-electron chi connectivity index (χ1n) is 15.6. The molecule has 0 saturated heterocycles. The molecule has 2 amide bonds. The van der Waals surface area contributed by atoms with Crippen LogP contribution in [0, 0.1) is 0 Å². The number of unbranched alkanes of at least 4 members (excludes halogenated alkanes) is 16. The van der Waals surface area contributed by atoms with Gasteiger partial charge >= 0.3 is 11.9 Å². The fraction of sp³-hybridized carbons (Fsp3) is 0.867. The summed E-state index contributed by atoms with van der Waals surface area (Å²) < 4.78 is 0. The molecule has 0 rings (SSSR count). The van der Waals surface area contributed by atoms with Crippen LogP contribution in [0.3, 0.4) is 0 Å². The van der Waals surface area contributed by atoms with Crippen LogP contribution in [0.15, 0.2) is 0 Å². The summed E-state index contributed by atoms with van der Waals surface area (Å²) in [6, 6.07) is -2.07. The Kier molecular flexibility index (Phi) is 26.8. The quantitative estimate of drug-likeness (QED) is 0.0515. The van der Waals surface area contributed by atoms with Crippen molar-refractivity contribution < 1.29 is 29.4 Å². The van der Waals surface area contributed by atoms with Gasteiger partial charge in [-0.25, -0.2) is 9.59 Å². The third kappa shape index (κ3) is 24.4. The molecule has 0 aromatic heterocycles. The highest BCUT2D eigenvalue weighted by Gasteiger charge is 2.23. The Labute approximate surface area is 250 Å². The number of amides is 2. The summed E-state index contributed by atoms with van der Waals surface area (Å²) in [4.78, 5) is 47.6. The lowest BCUT2D eigenvalue weighted by molar-refractivity contribution is -0.141. The Morgan fingerprint density at radius 1 is 0.500 bits per heavy atom. The van der Waals surface area contributed by atoms with Crippen LogP contribution in [0.4, 0.5) is 0 Å². The van der Waals surface area contributed by atoms with Crippen LogP contribution in [0.1, 0.15) is 142 Å². The van der Waals surface area contributed by atoms with Crippen molar-refractivity contribution in [3.8, 4) is 0 Å². The summed E-state index contributed by atoms with van der Waals surface area (Å²) in [5.74, 6) is -2.54. The molecule has 0 aromatic carbocycles. The zero-order valence-corrected chi connectivity index (χ0v) is 26.7. The molecule has 4 N–H and O–H groups in total. The van der Waals surface area contributed by atoms with Gasteiger partial charge in [0.25, 0.3) is 0 Å². The van der Waals surface area contributed by atoms with Gasteiger partial charge in [-0.3, -0.25) is 9.59 Å². The number of hydrogen-bond donors (Lipinski definition) is 4. The first-order chi connectivity index (χ1) is 19.3. The number of rotatable bonds is 29. The van der Waals surface area contributed by atoms with Crippen molar-refractivity contribution in [2.75, 3.05) is 11.5 Å². The van der Waals surface area contributed by atoms with Crippen molar-refractivity contribution in [2.24, 2.45) is 0 Å². The standard InChI is InChI=1S/C30H56N2O6S2/c1-3-5-7-9-11-13-15-17-19-21-27(33)31-25(29(35)36)23-39-40-24-26(30(37)38)32-28(34)22-20-18-16-14-12-10-8-6-4-2/h25-26H,3-24H2,1-2H3,(H,31,33)(H,32,34)(H,35,36)(H,37,38). The topological polar surface area (TPSA) is 133 Å². The van der Waals surface area contributed by atoms with E-state index >= 15 is 0 Å². The average Bonchev–Trinajstić information content (AvgIpc) is 2.91. The molecule has 0 fully saturated rings. The second kappa shape index (κ2) is 27.7. The maximum absolute atomic E-state index is 12.2. The van der Waals surface area contributed by atoms with Gasteiger partial charge < -0.3 is 20.8 Å². The monoisotopic (exact) mass is 604 g/mol. The molecule has 0 aliphatic carbocycles. The van der Waals surface area contributed by atoms with Crippen LogP contribution >= 0.6 is 21.6 Å². The van der Waals surface area contributed by atoms with Crippen LogP contribution in [-0.4, -0.2) is 57.6 Å². The van der Waals surface area contributed by atoms with Gasteiger partial charge in [0, 0.05) is 24.3 Å². The number of carbonyl (C=O) groups excluding carboxylic acids is 2. The molecule has 0 aromatic rings. The molecule has 0 radical (unpaired) electrons. The second-order valence-corrected chi connectivity index (χ2v) is 13.2. The summed E-state index contributed by atoms with van der Waals surface area (Å²) in [5, 5.41) is 24.1. The summed E-state index contributed by atoms with van der Waals surface area (Å²) in [6.45, 7) is 4.40. The fourth-order valence-electron chi connectivity index (χ4n) is 4.31. The third-order valence-corrected chi connectivity index (χ3v) is 9.26. The Bertz CT molecular complexity index is 625. The highest BCUT2D eigenvalue weighted by atomic mass is 33.1. The van der Waals surface area contributed by atoms with E-state index in [4.69, 9.17) is 0 Å². The van der Waals surface area contributed by atoms with Crippen LogP contribution < -0.4 is 10.6 Å².